The monoisotopic (exact) mass is 437 g/mol. The molecule has 0 spiro atoms. The molecule has 1 N–H and O–H groups in total. The Balaban J connectivity index is 1.57. The van der Waals surface area contributed by atoms with Crippen molar-refractivity contribution >= 4 is 23.3 Å². The van der Waals surface area contributed by atoms with Crippen LogP contribution in [0.15, 0.2) is 47.8 Å². The summed E-state index contributed by atoms with van der Waals surface area (Å²) < 4.78 is 10.6. The minimum Gasteiger partial charge on any atom is -0.493 e. The number of rotatable bonds is 6. The van der Waals surface area contributed by atoms with Crippen molar-refractivity contribution < 1.29 is 19.1 Å². The number of carbonyl (C=O) groups is 2. The summed E-state index contributed by atoms with van der Waals surface area (Å²) in [5, 5.41) is 5.48. The Morgan fingerprint density at radius 1 is 1.10 bits per heavy atom. The number of hydrogen-bond donors (Lipinski definition) is 1. The zero-order chi connectivity index (χ0) is 22.2. The third-order valence-electron chi connectivity index (χ3n) is 5.46. The molecule has 2 heterocycles. The molecule has 3 aromatic rings. The zero-order valence-electron chi connectivity index (χ0n) is 17.8. The van der Waals surface area contributed by atoms with Gasteiger partial charge in [0.1, 0.15) is 10.5 Å². The highest BCUT2D eigenvalue weighted by Gasteiger charge is 2.49. The fourth-order valence-electron chi connectivity index (χ4n) is 3.80. The van der Waals surface area contributed by atoms with Crippen LogP contribution in [-0.4, -0.2) is 36.0 Å². The predicted molar refractivity (Wildman–Crippen MR) is 118 cm³/mol. The number of thiazole rings is 1. The molecule has 1 aliphatic heterocycles. The first kappa shape index (κ1) is 20.9. The van der Waals surface area contributed by atoms with Crippen molar-refractivity contribution in [3.8, 4) is 22.1 Å². The normalized spacial score (nSPS) is 18.3. The fourth-order valence-corrected chi connectivity index (χ4v) is 4.61. The highest BCUT2D eigenvalue weighted by Crippen LogP contribution is 2.35. The number of urea groups is 1. The van der Waals surface area contributed by atoms with Crippen molar-refractivity contribution in [3.63, 3.8) is 0 Å². The molecule has 0 saturated carbocycles. The summed E-state index contributed by atoms with van der Waals surface area (Å²) in [7, 11) is 3.17. The van der Waals surface area contributed by atoms with Crippen LogP contribution in [-0.2, 0) is 16.9 Å². The Morgan fingerprint density at radius 2 is 1.84 bits per heavy atom. The van der Waals surface area contributed by atoms with E-state index in [2.05, 4.69) is 10.3 Å². The first-order valence-corrected chi connectivity index (χ1v) is 10.6. The van der Waals surface area contributed by atoms with Crippen molar-refractivity contribution in [3.05, 3.63) is 64.7 Å². The minimum atomic E-state index is -1.09. The van der Waals surface area contributed by atoms with E-state index in [1.807, 2.05) is 54.8 Å². The van der Waals surface area contributed by atoms with Gasteiger partial charge in [-0.1, -0.05) is 24.3 Å². The number of aromatic nitrogens is 1. The van der Waals surface area contributed by atoms with Crippen LogP contribution < -0.4 is 14.8 Å². The number of nitrogens with one attached hydrogen (secondary N) is 1. The van der Waals surface area contributed by atoms with Gasteiger partial charge in [-0.15, -0.1) is 11.3 Å². The summed E-state index contributed by atoms with van der Waals surface area (Å²) in [5.74, 6) is 0.963. The molecule has 0 radical (unpaired) electrons. The van der Waals surface area contributed by atoms with Crippen LogP contribution in [0.1, 0.15) is 23.7 Å². The fraction of sp³-hybridized carbons (Fsp3) is 0.261. The number of aryl methyl sites for hydroxylation is 1. The lowest BCUT2D eigenvalue weighted by Gasteiger charge is -2.24. The van der Waals surface area contributed by atoms with Crippen LogP contribution in [0.25, 0.3) is 10.6 Å². The van der Waals surface area contributed by atoms with Crippen molar-refractivity contribution in [2.24, 2.45) is 0 Å². The van der Waals surface area contributed by atoms with E-state index >= 15 is 0 Å². The van der Waals surface area contributed by atoms with E-state index in [-0.39, 0.29) is 12.5 Å². The Bertz CT molecular complexity index is 1160. The summed E-state index contributed by atoms with van der Waals surface area (Å²) in [4.78, 5) is 31.7. The molecule has 1 saturated heterocycles. The van der Waals surface area contributed by atoms with Crippen LogP contribution >= 0.6 is 11.3 Å². The standard InChI is InChI=1S/C23H23N3O4S/c1-14-7-5-6-8-17(14)23(2)21(27)26(22(28)25-23)12-16-13-31-20(24-16)15-9-10-18(29-3)19(11-15)30-4/h5-11,13H,12H2,1-4H3,(H,25,28). The average molecular weight is 438 g/mol. The number of methoxy groups -OCH3 is 2. The van der Waals surface area contributed by atoms with Crippen molar-refractivity contribution in [1.82, 2.24) is 15.2 Å². The molecule has 1 aliphatic rings. The van der Waals surface area contributed by atoms with Crippen molar-refractivity contribution in [2.75, 3.05) is 14.2 Å². The molecule has 7 nitrogen and oxygen atoms in total. The molecule has 2 aromatic carbocycles. The Kier molecular flexibility index (Phi) is 5.41. The van der Waals surface area contributed by atoms with Gasteiger partial charge in [0.25, 0.3) is 5.91 Å². The van der Waals surface area contributed by atoms with Gasteiger partial charge in [0.05, 0.1) is 26.5 Å². The maximum atomic E-state index is 13.2. The van der Waals surface area contributed by atoms with Gasteiger partial charge in [0.2, 0.25) is 0 Å². The highest BCUT2D eigenvalue weighted by molar-refractivity contribution is 7.13. The lowest BCUT2D eigenvalue weighted by Crippen LogP contribution is -2.41. The van der Waals surface area contributed by atoms with Gasteiger partial charge in [-0.3, -0.25) is 9.69 Å². The van der Waals surface area contributed by atoms with E-state index in [0.717, 1.165) is 21.7 Å². The second-order valence-corrected chi connectivity index (χ2v) is 8.33. The first-order valence-electron chi connectivity index (χ1n) is 9.74. The van der Waals surface area contributed by atoms with Gasteiger partial charge in [0, 0.05) is 10.9 Å². The van der Waals surface area contributed by atoms with Gasteiger partial charge in [0.15, 0.2) is 11.5 Å². The lowest BCUT2D eigenvalue weighted by molar-refractivity contribution is -0.131. The van der Waals surface area contributed by atoms with E-state index in [9.17, 15) is 9.59 Å². The average Bonchev–Trinajstić information content (AvgIpc) is 3.32. The molecular formula is C23H23N3O4S. The SMILES string of the molecule is COc1ccc(-c2nc(CN3C(=O)NC(C)(c4ccccc4C)C3=O)cs2)cc1OC. The maximum absolute atomic E-state index is 13.2. The van der Waals surface area contributed by atoms with E-state index < -0.39 is 11.6 Å². The number of amides is 3. The summed E-state index contributed by atoms with van der Waals surface area (Å²) >= 11 is 1.44. The molecule has 160 valence electrons. The number of carbonyl (C=O) groups excluding carboxylic acids is 2. The van der Waals surface area contributed by atoms with Gasteiger partial charge in [-0.2, -0.15) is 0 Å². The quantitative estimate of drug-likeness (QED) is 0.587. The second kappa shape index (κ2) is 8.03. The summed E-state index contributed by atoms with van der Waals surface area (Å²) in [6, 6.07) is 12.7. The number of benzene rings is 2. The van der Waals surface area contributed by atoms with Crippen LogP contribution in [0.5, 0.6) is 11.5 Å². The lowest BCUT2D eigenvalue weighted by atomic mass is 9.88. The number of hydrogen-bond acceptors (Lipinski definition) is 6. The van der Waals surface area contributed by atoms with Crippen LogP contribution in [0.3, 0.4) is 0 Å². The number of ether oxygens (including phenoxy) is 2. The molecule has 0 aliphatic carbocycles. The van der Waals surface area contributed by atoms with E-state index in [1.54, 1.807) is 21.1 Å². The molecule has 1 aromatic heterocycles. The first-order chi connectivity index (χ1) is 14.9. The molecule has 0 bridgehead atoms. The van der Waals surface area contributed by atoms with Gasteiger partial charge < -0.3 is 14.8 Å². The van der Waals surface area contributed by atoms with E-state index in [4.69, 9.17) is 9.47 Å². The Hall–Kier alpha value is -3.39. The summed E-state index contributed by atoms with van der Waals surface area (Å²) in [6.45, 7) is 3.78. The van der Waals surface area contributed by atoms with E-state index in [0.29, 0.717) is 17.2 Å². The van der Waals surface area contributed by atoms with Gasteiger partial charge in [-0.25, -0.2) is 9.78 Å². The smallest absolute Gasteiger partial charge is 0.325 e. The van der Waals surface area contributed by atoms with Crippen LogP contribution in [0.2, 0.25) is 0 Å². The third-order valence-corrected chi connectivity index (χ3v) is 6.40. The molecule has 4 rings (SSSR count). The maximum Gasteiger partial charge on any atom is 0.325 e. The minimum absolute atomic E-state index is 0.107. The van der Waals surface area contributed by atoms with Crippen LogP contribution in [0, 0.1) is 6.92 Å². The molecular weight excluding hydrogens is 414 g/mol. The largest absolute Gasteiger partial charge is 0.493 e. The predicted octanol–water partition coefficient (Wildman–Crippen LogP) is 4.10. The summed E-state index contributed by atoms with van der Waals surface area (Å²) in [5.41, 5.74) is 2.16. The molecule has 1 unspecified atom stereocenters. The third kappa shape index (κ3) is 3.63. The van der Waals surface area contributed by atoms with Crippen molar-refractivity contribution in [2.45, 2.75) is 25.9 Å². The van der Waals surface area contributed by atoms with E-state index in [1.165, 1.54) is 16.2 Å². The van der Waals surface area contributed by atoms with Crippen LogP contribution in [0.4, 0.5) is 4.79 Å². The molecule has 31 heavy (non-hydrogen) atoms. The second-order valence-electron chi connectivity index (χ2n) is 7.48. The highest BCUT2D eigenvalue weighted by atomic mass is 32.1. The molecule has 1 fully saturated rings. The van der Waals surface area contributed by atoms with Gasteiger partial charge >= 0.3 is 6.03 Å². The van der Waals surface area contributed by atoms with Gasteiger partial charge in [-0.05, 0) is 43.2 Å². The number of nitrogens with zero attached hydrogens (tertiary/aromatic N) is 2. The number of imide groups is 1. The Morgan fingerprint density at radius 3 is 2.55 bits per heavy atom. The summed E-state index contributed by atoms with van der Waals surface area (Å²) in [6.07, 6.45) is 0. The molecule has 3 amide bonds. The topological polar surface area (TPSA) is 80.8 Å². The molecule has 8 heteroatoms. The Labute approximate surface area is 184 Å². The zero-order valence-corrected chi connectivity index (χ0v) is 18.6. The van der Waals surface area contributed by atoms with Crippen molar-refractivity contribution in [1.29, 1.82) is 0 Å². The molecule has 1 atom stereocenters.